The summed E-state index contributed by atoms with van der Waals surface area (Å²) in [5.41, 5.74) is 7.02. The van der Waals surface area contributed by atoms with Crippen LogP contribution in [0, 0.1) is 6.92 Å². The first-order valence-corrected chi connectivity index (χ1v) is 11.2. The van der Waals surface area contributed by atoms with Crippen molar-refractivity contribution in [2.45, 2.75) is 26.2 Å². The molecule has 0 atom stereocenters. The fourth-order valence-corrected chi connectivity index (χ4v) is 5.07. The van der Waals surface area contributed by atoms with Gasteiger partial charge in [0.2, 0.25) is 0 Å². The number of fused-ring (bicyclic) bond motifs is 2. The van der Waals surface area contributed by atoms with Crippen LogP contribution in [0.5, 0.6) is 0 Å². The zero-order valence-electron chi connectivity index (χ0n) is 17.8. The Morgan fingerprint density at radius 1 is 0.839 bits per heavy atom. The number of piperazine rings is 1. The molecule has 31 heavy (non-hydrogen) atoms. The van der Waals surface area contributed by atoms with Gasteiger partial charge in [0.25, 0.3) is 0 Å². The summed E-state index contributed by atoms with van der Waals surface area (Å²) in [6.07, 6.45) is 5.20. The SMILES string of the molecule is Cc1nn2c(N3CCN(c4ccccn4)CC3)c3c(nc2c1-c1ccccc1)CCC3. The van der Waals surface area contributed by atoms with E-state index in [0.717, 1.165) is 61.7 Å². The highest BCUT2D eigenvalue weighted by Gasteiger charge is 2.29. The molecule has 0 saturated carbocycles. The molecule has 0 radical (unpaired) electrons. The molecule has 6 nitrogen and oxygen atoms in total. The molecule has 0 spiro atoms. The summed E-state index contributed by atoms with van der Waals surface area (Å²) in [6.45, 7) is 5.94. The van der Waals surface area contributed by atoms with Gasteiger partial charge in [-0.15, -0.1) is 0 Å². The van der Waals surface area contributed by atoms with Crippen molar-refractivity contribution < 1.29 is 0 Å². The molecule has 4 aromatic rings. The van der Waals surface area contributed by atoms with Crippen LogP contribution < -0.4 is 9.80 Å². The van der Waals surface area contributed by atoms with Crippen LogP contribution in [-0.2, 0) is 12.8 Å². The molecule has 1 aromatic carbocycles. The second-order valence-corrected chi connectivity index (χ2v) is 8.44. The van der Waals surface area contributed by atoms with E-state index in [2.05, 4.69) is 68.7 Å². The zero-order valence-corrected chi connectivity index (χ0v) is 17.8. The first-order chi connectivity index (χ1) is 15.3. The van der Waals surface area contributed by atoms with Crippen LogP contribution >= 0.6 is 0 Å². The van der Waals surface area contributed by atoms with Gasteiger partial charge in [0.1, 0.15) is 11.6 Å². The molecule has 3 aromatic heterocycles. The molecule has 4 heterocycles. The van der Waals surface area contributed by atoms with Crippen LogP contribution in [0.4, 0.5) is 11.6 Å². The van der Waals surface area contributed by atoms with E-state index in [1.807, 2.05) is 12.3 Å². The summed E-state index contributed by atoms with van der Waals surface area (Å²) in [4.78, 5) is 14.5. The van der Waals surface area contributed by atoms with Crippen LogP contribution in [0.2, 0.25) is 0 Å². The van der Waals surface area contributed by atoms with Crippen LogP contribution in [0.25, 0.3) is 16.8 Å². The first-order valence-electron chi connectivity index (χ1n) is 11.2. The summed E-state index contributed by atoms with van der Waals surface area (Å²) in [7, 11) is 0. The molecule has 1 fully saturated rings. The molecular formula is C25H26N6. The van der Waals surface area contributed by atoms with Crippen molar-refractivity contribution in [2.24, 2.45) is 0 Å². The van der Waals surface area contributed by atoms with E-state index in [9.17, 15) is 0 Å². The second kappa shape index (κ2) is 7.38. The van der Waals surface area contributed by atoms with Crippen molar-refractivity contribution in [3.05, 3.63) is 71.7 Å². The number of rotatable bonds is 3. The third-order valence-corrected chi connectivity index (χ3v) is 6.55. The quantitative estimate of drug-likeness (QED) is 0.512. The molecule has 156 valence electrons. The predicted octanol–water partition coefficient (Wildman–Crippen LogP) is 3.92. The number of aromatic nitrogens is 4. The molecule has 0 unspecified atom stereocenters. The molecule has 1 aliphatic heterocycles. The average Bonchev–Trinajstić information content (AvgIpc) is 3.42. The second-order valence-electron chi connectivity index (χ2n) is 8.44. The van der Waals surface area contributed by atoms with Gasteiger partial charge < -0.3 is 9.80 Å². The van der Waals surface area contributed by atoms with Crippen molar-refractivity contribution in [2.75, 3.05) is 36.0 Å². The Hall–Kier alpha value is -3.41. The van der Waals surface area contributed by atoms with Gasteiger partial charge in [-0.2, -0.15) is 9.61 Å². The van der Waals surface area contributed by atoms with Gasteiger partial charge in [-0.1, -0.05) is 36.4 Å². The molecule has 0 N–H and O–H groups in total. The lowest BCUT2D eigenvalue weighted by molar-refractivity contribution is 0.630. The minimum atomic E-state index is 0.960. The van der Waals surface area contributed by atoms with Gasteiger partial charge in [-0.25, -0.2) is 9.97 Å². The Morgan fingerprint density at radius 2 is 1.61 bits per heavy atom. The number of anilines is 2. The van der Waals surface area contributed by atoms with E-state index in [4.69, 9.17) is 10.1 Å². The van der Waals surface area contributed by atoms with Crippen LogP contribution in [0.1, 0.15) is 23.4 Å². The number of nitrogens with zero attached hydrogens (tertiary/aromatic N) is 6. The third kappa shape index (κ3) is 3.05. The molecular weight excluding hydrogens is 384 g/mol. The maximum Gasteiger partial charge on any atom is 0.165 e. The molecule has 0 bridgehead atoms. The number of aryl methyl sites for hydroxylation is 2. The highest BCUT2D eigenvalue weighted by atomic mass is 15.4. The Balaban J connectivity index is 1.42. The maximum absolute atomic E-state index is 5.12. The summed E-state index contributed by atoms with van der Waals surface area (Å²) in [5, 5.41) is 5.01. The lowest BCUT2D eigenvalue weighted by atomic mass is 10.1. The number of pyridine rings is 1. The van der Waals surface area contributed by atoms with Crippen LogP contribution in [0.3, 0.4) is 0 Å². The Labute approximate surface area is 182 Å². The minimum Gasteiger partial charge on any atom is -0.353 e. The smallest absolute Gasteiger partial charge is 0.165 e. The fourth-order valence-electron chi connectivity index (χ4n) is 5.07. The molecule has 1 aliphatic carbocycles. The largest absolute Gasteiger partial charge is 0.353 e. The molecule has 2 aliphatic rings. The third-order valence-electron chi connectivity index (χ3n) is 6.55. The normalized spacial score (nSPS) is 16.2. The van der Waals surface area contributed by atoms with Gasteiger partial charge in [-0.05, 0) is 43.9 Å². The molecule has 6 rings (SSSR count). The topological polar surface area (TPSA) is 49.6 Å². The van der Waals surface area contributed by atoms with Gasteiger partial charge in [-0.3, -0.25) is 0 Å². The predicted molar refractivity (Wildman–Crippen MR) is 124 cm³/mol. The number of benzene rings is 1. The van der Waals surface area contributed by atoms with Gasteiger partial charge in [0.15, 0.2) is 5.65 Å². The monoisotopic (exact) mass is 410 g/mol. The average molecular weight is 411 g/mol. The molecule has 1 saturated heterocycles. The van der Waals surface area contributed by atoms with Gasteiger partial charge in [0, 0.05) is 49.2 Å². The minimum absolute atomic E-state index is 0.960. The van der Waals surface area contributed by atoms with Gasteiger partial charge >= 0.3 is 0 Å². The van der Waals surface area contributed by atoms with E-state index in [0.29, 0.717) is 0 Å². The standard InChI is InChI=1S/C25H26N6/c1-18-23(19-8-3-2-4-9-19)24-27-21-11-7-10-20(21)25(31(24)28-18)30-16-14-29(15-17-30)22-12-5-6-13-26-22/h2-6,8-9,12-13H,7,10-11,14-17H2,1H3. The zero-order chi connectivity index (χ0) is 20.8. The van der Waals surface area contributed by atoms with Crippen LogP contribution in [0.15, 0.2) is 54.7 Å². The Morgan fingerprint density at radius 3 is 2.39 bits per heavy atom. The Bertz CT molecular complexity index is 1220. The first kappa shape index (κ1) is 18.4. The van der Waals surface area contributed by atoms with Crippen molar-refractivity contribution in [3.8, 4) is 11.1 Å². The molecule has 0 amide bonds. The van der Waals surface area contributed by atoms with Crippen molar-refractivity contribution in [1.82, 2.24) is 19.6 Å². The van der Waals surface area contributed by atoms with Crippen molar-refractivity contribution in [1.29, 1.82) is 0 Å². The van der Waals surface area contributed by atoms with Crippen molar-refractivity contribution in [3.63, 3.8) is 0 Å². The van der Waals surface area contributed by atoms with E-state index >= 15 is 0 Å². The van der Waals surface area contributed by atoms with Gasteiger partial charge in [0.05, 0.1) is 5.69 Å². The summed E-state index contributed by atoms with van der Waals surface area (Å²) >= 11 is 0. The summed E-state index contributed by atoms with van der Waals surface area (Å²) in [6, 6.07) is 16.7. The van der Waals surface area contributed by atoms with E-state index in [1.54, 1.807) is 0 Å². The summed E-state index contributed by atoms with van der Waals surface area (Å²) < 4.78 is 2.12. The van der Waals surface area contributed by atoms with E-state index < -0.39 is 0 Å². The highest BCUT2D eigenvalue weighted by Crippen LogP contribution is 2.36. The number of hydrogen-bond acceptors (Lipinski definition) is 5. The lowest BCUT2D eigenvalue weighted by Crippen LogP contribution is -2.47. The maximum atomic E-state index is 5.12. The Kier molecular flexibility index (Phi) is 4.37. The molecule has 6 heteroatoms. The highest BCUT2D eigenvalue weighted by molar-refractivity contribution is 5.81. The van der Waals surface area contributed by atoms with E-state index in [-0.39, 0.29) is 0 Å². The fraction of sp³-hybridized carbons (Fsp3) is 0.320. The summed E-state index contributed by atoms with van der Waals surface area (Å²) in [5.74, 6) is 2.32. The van der Waals surface area contributed by atoms with Crippen LogP contribution in [-0.4, -0.2) is 45.8 Å². The van der Waals surface area contributed by atoms with E-state index in [1.165, 1.54) is 29.1 Å². The number of hydrogen-bond donors (Lipinski definition) is 0. The van der Waals surface area contributed by atoms with Crippen molar-refractivity contribution >= 4 is 17.3 Å². The lowest BCUT2D eigenvalue weighted by Gasteiger charge is -2.37.